The SMILES string of the molecule is CCN(CCN(C)C)C(=O)c1cnc(-c2noc3cc(N4CCCC4)ccc23)s1. The number of thiazole rings is 1. The Morgan fingerprint density at radius 3 is 2.76 bits per heavy atom. The number of hydrogen-bond acceptors (Lipinski definition) is 7. The zero-order valence-corrected chi connectivity index (χ0v) is 18.0. The first kappa shape index (κ1) is 19.8. The van der Waals surface area contributed by atoms with Crippen molar-refractivity contribution < 1.29 is 9.32 Å². The smallest absolute Gasteiger partial charge is 0.265 e. The molecule has 0 spiro atoms. The predicted octanol–water partition coefficient (Wildman–Crippen LogP) is 3.58. The third-order valence-electron chi connectivity index (χ3n) is 5.33. The number of carbonyl (C=O) groups is 1. The number of hydrogen-bond donors (Lipinski definition) is 0. The van der Waals surface area contributed by atoms with Gasteiger partial charge in [0.25, 0.3) is 5.91 Å². The zero-order valence-electron chi connectivity index (χ0n) is 17.2. The van der Waals surface area contributed by atoms with Crippen LogP contribution in [-0.4, -0.2) is 72.7 Å². The summed E-state index contributed by atoms with van der Waals surface area (Å²) in [6.45, 7) is 6.38. The van der Waals surface area contributed by atoms with Crippen molar-refractivity contribution in [2.45, 2.75) is 19.8 Å². The maximum absolute atomic E-state index is 12.9. The number of rotatable bonds is 7. The monoisotopic (exact) mass is 413 g/mol. The van der Waals surface area contributed by atoms with E-state index in [2.05, 4.69) is 32.1 Å². The third-order valence-corrected chi connectivity index (χ3v) is 6.32. The number of amides is 1. The molecule has 3 heterocycles. The van der Waals surface area contributed by atoms with Gasteiger partial charge in [0.15, 0.2) is 5.58 Å². The van der Waals surface area contributed by atoms with E-state index in [0.717, 1.165) is 30.6 Å². The van der Waals surface area contributed by atoms with Crippen molar-refractivity contribution in [3.63, 3.8) is 0 Å². The van der Waals surface area contributed by atoms with E-state index in [-0.39, 0.29) is 5.91 Å². The van der Waals surface area contributed by atoms with E-state index >= 15 is 0 Å². The average molecular weight is 414 g/mol. The van der Waals surface area contributed by atoms with E-state index in [9.17, 15) is 4.79 Å². The second kappa shape index (κ2) is 8.51. The number of nitrogens with zero attached hydrogens (tertiary/aromatic N) is 5. The summed E-state index contributed by atoms with van der Waals surface area (Å²) in [7, 11) is 4.02. The minimum Gasteiger partial charge on any atom is -0.371 e. The number of benzene rings is 1. The summed E-state index contributed by atoms with van der Waals surface area (Å²) in [6.07, 6.45) is 4.12. The Bertz CT molecular complexity index is 990. The highest BCUT2D eigenvalue weighted by atomic mass is 32.1. The van der Waals surface area contributed by atoms with E-state index < -0.39 is 0 Å². The Hall–Kier alpha value is -2.45. The van der Waals surface area contributed by atoms with Crippen LogP contribution in [0.1, 0.15) is 29.4 Å². The molecule has 0 atom stereocenters. The van der Waals surface area contributed by atoms with E-state index in [1.165, 1.54) is 29.9 Å². The number of aromatic nitrogens is 2. The Morgan fingerprint density at radius 2 is 2.03 bits per heavy atom. The molecule has 0 N–H and O–H groups in total. The van der Waals surface area contributed by atoms with E-state index in [4.69, 9.17) is 4.52 Å². The van der Waals surface area contributed by atoms with Gasteiger partial charge < -0.3 is 19.2 Å². The molecule has 0 unspecified atom stereocenters. The molecule has 154 valence electrons. The minimum absolute atomic E-state index is 0.0159. The molecule has 1 saturated heterocycles. The molecule has 0 bridgehead atoms. The van der Waals surface area contributed by atoms with Crippen LogP contribution < -0.4 is 4.90 Å². The molecule has 0 aliphatic carbocycles. The normalized spacial score (nSPS) is 14.3. The maximum atomic E-state index is 12.9. The van der Waals surface area contributed by atoms with Crippen molar-refractivity contribution >= 4 is 33.9 Å². The Morgan fingerprint density at radius 1 is 1.24 bits per heavy atom. The van der Waals surface area contributed by atoms with Gasteiger partial charge in [0.05, 0.1) is 11.6 Å². The molecule has 1 aromatic carbocycles. The second-order valence-corrected chi connectivity index (χ2v) is 8.65. The Kier molecular flexibility index (Phi) is 5.82. The first-order chi connectivity index (χ1) is 14.1. The van der Waals surface area contributed by atoms with Crippen molar-refractivity contribution in [2.75, 3.05) is 51.7 Å². The highest BCUT2D eigenvalue weighted by Gasteiger charge is 2.21. The quantitative estimate of drug-likeness (QED) is 0.590. The van der Waals surface area contributed by atoms with Crippen molar-refractivity contribution in [3.05, 3.63) is 29.3 Å². The number of anilines is 1. The molecular formula is C21H27N5O2S. The van der Waals surface area contributed by atoms with Crippen molar-refractivity contribution in [2.24, 2.45) is 0 Å². The van der Waals surface area contributed by atoms with Gasteiger partial charge in [-0.3, -0.25) is 4.79 Å². The first-order valence-electron chi connectivity index (χ1n) is 10.1. The summed E-state index contributed by atoms with van der Waals surface area (Å²) in [5.74, 6) is 0.0159. The molecule has 1 amide bonds. The predicted molar refractivity (Wildman–Crippen MR) is 117 cm³/mol. The third kappa shape index (κ3) is 4.13. The fraction of sp³-hybridized carbons (Fsp3) is 0.476. The molecule has 1 aliphatic rings. The lowest BCUT2D eigenvalue weighted by atomic mass is 10.2. The fourth-order valence-corrected chi connectivity index (χ4v) is 4.49. The highest BCUT2D eigenvalue weighted by molar-refractivity contribution is 7.17. The van der Waals surface area contributed by atoms with Gasteiger partial charge in [-0.25, -0.2) is 4.98 Å². The lowest BCUT2D eigenvalue weighted by Gasteiger charge is -2.21. The lowest BCUT2D eigenvalue weighted by molar-refractivity contribution is 0.0759. The molecule has 0 radical (unpaired) electrons. The van der Waals surface area contributed by atoms with Gasteiger partial charge in [-0.1, -0.05) is 5.16 Å². The van der Waals surface area contributed by atoms with Crippen LogP contribution >= 0.6 is 11.3 Å². The molecular weight excluding hydrogens is 386 g/mol. The molecule has 2 aromatic heterocycles. The van der Waals surface area contributed by atoms with Gasteiger partial charge in [0.1, 0.15) is 15.6 Å². The molecule has 8 heteroatoms. The van der Waals surface area contributed by atoms with E-state index in [1.807, 2.05) is 32.0 Å². The van der Waals surface area contributed by atoms with Crippen LogP contribution in [0.5, 0.6) is 0 Å². The molecule has 3 aromatic rings. The summed E-state index contributed by atoms with van der Waals surface area (Å²) >= 11 is 1.37. The molecule has 1 aliphatic heterocycles. The van der Waals surface area contributed by atoms with Crippen LogP contribution in [0.3, 0.4) is 0 Å². The van der Waals surface area contributed by atoms with Crippen LogP contribution in [0, 0.1) is 0 Å². The average Bonchev–Trinajstić information content (AvgIpc) is 3.46. The van der Waals surface area contributed by atoms with Gasteiger partial charge in [-0.05, 0) is 46.0 Å². The lowest BCUT2D eigenvalue weighted by Crippen LogP contribution is -2.36. The van der Waals surface area contributed by atoms with Gasteiger partial charge in [-0.15, -0.1) is 11.3 Å². The number of fused-ring (bicyclic) bond motifs is 1. The molecule has 4 rings (SSSR count). The standard InChI is InChI=1S/C21H27N5O2S/c1-4-25(12-11-24(2)3)21(27)18-14-22-20(29-18)19-16-8-7-15(13-17(16)28-23-19)26-9-5-6-10-26/h7-8,13-14H,4-6,9-12H2,1-3H3. The minimum atomic E-state index is 0.0159. The Labute approximate surface area is 174 Å². The van der Waals surface area contributed by atoms with E-state index in [1.54, 1.807) is 6.20 Å². The van der Waals surface area contributed by atoms with Crippen LogP contribution in [0.15, 0.2) is 28.9 Å². The van der Waals surface area contributed by atoms with Crippen molar-refractivity contribution in [3.8, 4) is 10.7 Å². The number of likely N-dealkylation sites (N-methyl/N-ethyl adjacent to an activating group) is 2. The summed E-state index contributed by atoms with van der Waals surface area (Å²) in [6, 6.07) is 6.22. The maximum Gasteiger partial charge on any atom is 0.265 e. The molecule has 1 fully saturated rings. The topological polar surface area (TPSA) is 65.7 Å². The largest absolute Gasteiger partial charge is 0.371 e. The van der Waals surface area contributed by atoms with Crippen LogP contribution in [0.4, 0.5) is 5.69 Å². The van der Waals surface area contributed by atoms with Crippen LogP contribution in [0.25, 0.3) is 21.7 Å². The summed E-state index contributed by atoms with van der Waals surface area (Å²) < 4.78 is 5.60. The highest BCUT2D eigenvalue weighted by Crippen LogP contribution is 2.34. The molecule has 0 saturated carbocycles. The van der Waals surface area contributed by atoms with Gasteiger partial charge in [0, 0.05) is 44.5 Å². The zero-order chi connectivity index (χ0) is 20.4. The number of carbonyl (C=O) groups excluding carboxylic acids is 1. The van der Waals surface area contributed by atoms with Crippen LogP contribution in [0.2, 0.25) is 0 Å². The Balaban J connectivity index is 1.55. The van der Waals surface area contributed by atoms with Gasteiger partial charge in [0.2, 0.25) is 0 Å². The second-order valence-electron chi connectivity index (χ2n) is 7.62. The van der Waals surface area contributed by atoms with Crippen molar-refractivity contribution in [1.29, 1.82) is 0 Å². The summed E-state index contributed by atoms with van der Waals surface area (Å²) in [5.41, 5.74) is 2.63. The van der Waals surface area contributed by atoms with Gasteiger partial charge in [-0.2, -0.15) is 0 Å². The summed E-state index contributed by atoms with van der Waals surface area (Å²) in [4.78, 5) is 24.2. The van der Waals surface area contributed by atoms with Crippen molar-refractivity contribution in [1.82, 2.24) is 19.9 Å². The molecule has 7 nitrogen and oxygen atoms in total. The summed E-state index contributed by atoms with van der Waals surface area (Å²) in [5, 5.41) is 5.90. The van der Waals surface area contributed by atoms with Gasteiger partial charge >= 0.3 is 0 Å². The first-order valence-corrected chi connectivity index (χ1v) is 10.9. The van der Waals surface area contributed by atoms with E-state index in [0.29, 0.717) is 28.7 Å². The van der Waals surface area contributed by atoms with Crippen LogP contribution in [-0.2, 0) is 0 Å². The molecule has 29 heavy (non-hydrogen) atoms. The fourth-order valence-electron chi connectivity index (χ4n) is 3.61.